The average molecular weight is 423 g/mol. The van der Waals surface area contributed by atoms with Gasteiger partial charge in [0.05, 0.1) is 0 Å². The van der Waals surface area contributed by atoms with Crippen LogP contribution in [0.5, 0.6) is 0 Å². The third-order valence-electron chi connectivity index (χ3n) is 5.36. The number of esters is 1. The summed E-state index contributed by atoms with van der Waals surface area (Å²) in [6.07, 6.45) is 4.20. The molecule has 1 aliphatic carbocycles. The molecule has 1 heterocycles. The van der Waals surface area contributed by atoms with E-state index in [2.05, 4.69) is 28.2 Å². The normalized spacial score (nSPS) is 25.5. The molecule has 2 aliphatic rings. The second-order valence-electron chi connectivity index (χ2n) is 7.05. The molecule has 0 unspecified atom stereocenters. The number of carbonyl (C=O) groups excluding carboxylic acids is 3. The Morgan fingerprint density at radius 2 is 2.08 bits per heavy atom. The summed E-state index contributed by atoms with van der Waals surface area (Å²) in [5, 5.41) is 2.82. The van der Waals surface area contributed by atoms with Crippen LogP contribution in [0.25, 0.3) is 0 Å². The van der Waals surface area contributed by atoms with Crippen LogP contribution in [-0.4, -0.2) is 34.9 Å². The Balaban J connectivity index is 1.57. The van der Waals surface area contributed by atoms with E-state index in [9.17, 15) is 14.4 Å². The predicted molar refractivity (Wildman–Crippen MR) is 99.2 cm³/mol. The smallest absolute Gasteiger partial charge is 0.326 e. The highest BCUT2D eigenvalue weighted by molar-refractivity contribution is 9.10. The Morgan fingerprint density at radius 3 is 2.73 bits per heavy atom. The molecule has 0 aromatic heterocycles. The minimum atomic E-state index is -0.826. The maximum Gasteiger partial charge on any atom is 0.326 e. The van der Waals surface area contributed by atoms with E-state index >= 15 is 0 Å². The highest BCUT2D eigenvalue weighted by Crippen LogP contribution is 2.37. The van der Waals surface area contributed by atoms with E-state index < -0.39 is 17.5 Å². The molecule has 3 amide bonds. The minimum absolute atomic E-state index is 0.102. The van der Waals surface area contributed by atoms with E-state index in [1.165, 1.54) is 0 Å². The van der Waals surface area contributed by atoms with Crippen LogP contribution in [0.2, 0.25) is 0 Å². The number of carbonyl (C=O) groups is 3. The van der Waals surface area contributed by atoms with Gasteiger partial charge in [-0.25, -0.2) is 4.79 Å². The van der Waals surface area contributed by atoms with Crippen LogP contribution in [0, 0.1) is 5.92 Å². The number of benzene rings is 1. The van der Waals surface area contributed by atoms with Crippen molar-refractivity contribution in [1.29, 1.82) is 0 Å². The number of halogens is 1. The fraction of sp³-hybridized carbons (Fsp3) is 0.526. The summed E-state index contributed by atoms with van der Waals surface area (Å²) in [6, 6.07) is 6.92. The van der Waals surface area contributed by atoms with Crippen LogP contribution in [-0.2, 0) is 20.9 Å². The second-order valence-corrected chi connectivity index (χ2v) is 7.96. The summed E-state index contributed by atoms with van der Waals surface area (Å²) >= 11 is 3.36. The lowest BCUT2D eigenvalue weighted by Gasteiger charge is -2.34. The number of amides is 3. The third kappa shape index (κ3) is 3.92. The van der Waals surface area contributed by atoms with Crippen molar-refractivity contribution >= 4 is 33.8 Å². The maximum atomic E-state index is 12.8. The number of nitrogens with zero attached hydrogens (tertiary/aromatic N) is 1. The summed E-state index contributed by atoms with van der Waals surface area (Å²) in [6.45, 7) is 1.90. The number of imide groups is 1. The first-order valence-corrected chi connectivity index (χ1v) is 9.77. The van der Waals surface area contributed by atoms with Gasteiger partial charge in [-0.05, 0) is 49.3 Å². The van der Waals surface area contributed by atoms with E-state index in [0.29, 0.717) is 18.8 Å². The minimum Gasteiger partial charge on any atom is -0.459 e. The van der Waals surface area contributed by atoms with Gasteiger partial charge in [0.1, 0.15) is 18.7 Å². The highest BCUT2D eigenvalue weighted by atomic mass is 79.9. The van der Waals surface area contributed by atoms with Gasteiger partial charge in [0.25, 0.3) is 5.91 Å². The second kappa shape index (κ2) is 7.78. The molecule has 0 radical (unpaired) electrons. The summed E-state index contributed by atoms with van der Waals surface area (Å²) in [7, 11) is 0. The van der Waals surface area contributed by atoms with Crippen LogP contribution in [0.3, 0.4) is 0 Å². The molecule has 1 aromatic rings. The van der Waals surface area contributed by atoms with E-state index in [-0.39, 0.29) is 19.1 Å². The average Bonchev–Trinajstić information content (AvgIpc) is 2.85. The zero-order valence-electron chi connectivity index (χ0n) is 14.8. The van der Waals surface area contributed by atoms with Crippen molar-refractivity contribution in [2.45, 2.75) is 51.2 Å². The van der Waals surface area contributed by atoms with Crippen molar-refractivity contribution in [2.75, 3.05) is 6.54 Å². The first-order valence-electron chi connectivity index (χ1n) is 8.98. The molecule has 1 saturated heterocycles. The molecule has 3 rings (SSSR count). The van der Waals surface area contributed by atoms with E-state index in [0.717, 1.165) is 34.2 Å². The third-order valence-corrected chi connectivity index (χ3v) is 5.85. The Bertz CT molecular complexity index is 713. The van der Waals surface area contributed by atoms with Crippen molar-refractivity contribution in [3.8, 4) is 0 Å². The first kappa shape index (κ1) is 18.9. The number of hydrogen-bond donors (Lipinski definition) is 1. The lowest BCUT2D eigenvalue weighted by Crippen LogP contribution is -2.49. The molecule has 1 N–H and O–H groups in total. The standard InChI is InChI=1S/C19H23BrN2O4/c1-2-13-6-8-19(9-7-13)17(24)22(18(25)21-19)11-16(23)26-12-14-4-3-5-15(20)10-14/h3-5,10,13H,2,6-9,11-12H2,1H3,(H,21,25). The molecule has 26 heavy (non-hydrogen) atoms. The molecular formula is C19H23BrN2O4. The number of rotatable bonds is 5. The molecule has 6 nitrogen and oxygen atoms in total. The SMILES string of the molecule is CCC1CCC2(CC1)NC(=O)N(CC(=O)OCc1cccc(Br)c1)C2=O. The fourth-order valence-corrected chi connectivity index (χ4v) is 4.15. The molecule has 140 valence electrons. The Kier molecular flexibility index (Phi) is 5.65. The van der Waals surface area contributed by atoms with Crippen LogP contribution < -0.4 is 5.32 Å². The zero-order valence-corrected chi connectivity index (χ0v) is 16.4. The van der Waals surface area contributed by atoms with Gasteiger partial charge in [-0.15, -0.1) is 0 Å². The van der Waals surface area contributed by atoms with Crippen LogP contribution in [0.15, 0.2) is 28.7 Å². The van der Waals surface area contributed by atoms with Gasteiger partial charge in [0.15, 0.2) is 0 Å². The molecule has 1 saturated carbocycles. The van der Waals surface area contributed by atoms with E-state index in [1.807, 2.05) is 24.3 Å². The topological polar surface area (TPSA) is 75.7 Å². The van der Waals surface area contributed by atoms with Crippen LogP contribution in [0.1, 0.15) is 44.6 Å². The highest BCUT2D eigenvalue weighted by Gasteiger charge is 2.52. The Morgan fingerprint density at radius 1 is 1.35 bits per heavy atom. The largest absolute Gasteiger partial charge is 0.459 e. The van der Waals surface area contributed by atoms with Gasteiger partial charge < -0.3 is 10.1 Å². The molecular weight excluding hydrogens is 400 g/mol. The number of ether oxygens (including phenoxy) is 1. The number of urea groups is 1. The van der Waals surface area contributed by atoms with Gasteiger partial charge in [-0.2, -0.15) is 0 Å². The van der Waals surface area contributed by atoms with E-state index in [1.54, 1.807) is 0 Å². The molecule has 0 bridgehead atoms. The van der Waals surface area contributed by atoms with Gasteiger partial charge in [-0.3, -0.25) is 14.5 Å². The van der Waals surface area contributed by atoms with Crippen molar-refractivity contribution in [3.63, 3.8) is 0 Å². The number of nitrogens with one attached hydrogen (secondary N) is 1. The summed E-state index contributed by atoms with van der Waals surface area (Å²) in [4.78, 5) is 38.1. The molecule has 1 aliphatic heterocycles. The monoisotopic (exact) mass is 422 g/mol. The molecule has 2 fully saturated rings. The Hall–Kier alpha value is -1.89. The zero-order chi connectivity index (χ0) is 18.7. The summed E-state index contributed by atoms with van der Waals surface area (Å²) in [5.74, 6) is -0.279. The van der Waals surface area contributed by atoms with Crippen molar-refractivity contribution in [3.05, 3.63) is 34.3 Å². The Labute approximate surface area is 161 Å². The summed E-state index contributed by atoms with van der Waals surface area (Å²) in [5.41, 5.74) is 0.00661. The van der Waals surface area contributed by atoms with Crippen molar-refractivity contribution in [1.82, 2.24) is 10.2 Å². The summed E-state index contributed by atoms with van der Waals surface area (Å²) < 4.78 is 6.11. The quantitative estimate of drug-likeness (QED) is 0.582. The van der Waals surface area contributed by atoms with Gasteiger partial charge in [0.2, 0.25) is 0 Å². The van der Waals surface area contributed by atoms with Crippen molar-refractivity contribution in [2.24, 2.45) is 5.92 Å². The van der Waals surface area contributed by atoms with Crippen LogP contribution >= 0.6 is 15.9 Å². The predicted octanol–water partition coefficient (Wildman–Crippen LogP) is 3.38. The molecule has 7 heteroatoms. The van der Waals surface area contributed by atoms with E-state index in [4.69, 9.17) is 4.74 Å². The molecule has 1 aromatic carbocycles. The lowest BCUT2D eigenvalue weighted by molar-refractivity contribution is -0.149. The van der Waals surface area contributed by atoms with Crippen molar-refractivity contribution < 1.29 is 19.1 Å². The number of hydrogen-bond acceptors (Lipinski definition) is 4. The lowest BCUT2D eigenvalue weighted by atomic mass is 9.75. The van der Waals surface area contributed by atoms with Gasteiger partial charge in [-0.1, -0.05) is 41.4 Å². The van der Waals surface area contributed by atoms with Gasteiger partial charge >= 0.3 is 12.0 Å². The maximum absolute atomic E-state index is 12.8. The van der Waals surface area contributed by atoms with Gasteiger partial charge in [0, 0.05) is 4.47 Å². The molecule has 0 atom stereocenters. The first-order chi connectivity index (χ1) is 12.4. The molecule has 1 spiro atoms. The fourth-order valence-electron chi connectivity index (χ4n) is 3.70. The van der Waals surface area contributed by atoms with Crippen LogP contribution in [0.4, 0.5) is 4.79 Å².